The maximum absolute atomic E-state index is 13.1. The lowest BCUT2D eigenvalue weighted by atomic mass is 9.99. The lowest BCUT2D eigenvalue weighted by Crippen LogP contribution is -2.33. The molecule has 2 saturated heterocycles. The number of carbonyl (C=O) groups excluding carboxylic acids is 1. The fraction of sp³-hybridized carbons (Fsp3) is 0.480. The van der Waals surface area contributed by atoms with Gasteiger partial charge in [0, 0.05) is 25.4 Å². The summed E-state index contributed by atoms with van der Waals surface area (Å²) in [6, 6.07) is 10.4. The van der Waals surface area contributed by atoms with E-state index < -0.39 is 0 Å². The van der Waals surface area contributed by atoms with Crippen LogP contribution in [0.3, 0.4) is 0 Å². The van der Waals surface area contributed by atoms with Gasteiger partial charge in [-0.2, -0.15) is 0 Å². The largest absolute Gasteiger partial charge is 0.376 e. The molecule has 32 heavy (non-hydrogen) atoms. The van der Waals surface area contributed by atoms with Crippen LogP contribution in [0.1, 0.15) is 36.1 Å². The quantitative estimate of drug-likeness (QED) is 0.650. The minimum absolute atomic E-state index is 0.0792. The summed E-state index contributed by atoms with van der Waals surface area (Å²) in [5, 5.41) is 4.00. The molecule has 3 aromatic rings. The summed E-state index contributed by atoms with van der Waals surface area (Å²) < 4.78 is 8.06. The average molecular weight is 434 g/mol. The van der Waals surface area contributed by atoms with E-state index in [9.17, 15) is 4.79 Å². The van der Waals surface area contributed by atoms with Gasteiger partial charge in [0.25, 0.3) is 0 Å². The minimum atomic E-state index is -0.0792. The first-order chi connectivity index (χ1) is 15.6. The van der Waals surface area contributed by atoms with Gasteiger partial charge in [-0.25, -0.2) is 14.8 Å². The van der Waals surface area contributed by atoms with Crippen molar-refractivity contribution in [3.8, 4) is 0 Å². The normalized spacial score (nSPS) is 20.9. The molecule has 0 aliphatic carbocycles. The van der Waals surface area contributed by atoms with Crippen molar-refractivity contribution in [2.75, 3.05) is 25.0 Å². The Morgan fingerprint density at radius 2 is 2.03 bits per heavy atom. The molecule has 7 nitrogen and oxygen atoms in total. The van der Waals surface area contributed by atoms with Crippen LogP contribution in [-0.4, -0.2) is 51.3 Å². The summed E-state index contributed by atoms with van der Waals surface area (Å²) in [5.74, 6) is 1.09. The highest BCUT2D eigenvalue weighted by Gasteiger charge is 2.28. The second kappa shape index (κ2) is 8.90. The number of nitrogens with zero attached hydrogens (tertiary/aromatic N) is 4. The third-order valence-electron chi connectivity index (χ3n) is 6.98. The molecular formula is C25H31N5O2. The Labute approximate surface area is 188 Å². The number of nitrogens with one attached hydrogen (secondary N) is 1. The van der Waals surface area contributed by atoms with Crippen LogP contribution in [-0.2, 0) is 17.7 Å². The second-order valence-corrected chi connectivity index (χ2v) is 9.10. The molecule has 2 amide bonds. The van der Waals surface area contributed by atoms with Crippen LogP contribution in [0, 0.1) is 19.8 Å². The van der Waals surface area contributed by atoms with Crippen LogP contribution in [0.25, 0.3) is 11.0 Å². The van der Waals surface area contributed by atoms with Crippen LogP contribution in [0.4, 0.5) is 10.6 Å². The van der Waals surface area contributed by atoms with E-state index in [4.69, 9.17) is 4.74 Å². The third kappa shape index (κ3) is 4.09. The zero-order valence-electron chi connectivity index (χ0n) is 18.9. The average Bonchev–Trinajstić information content (AvgIpc) is 3.53. The summed E-state index contributed by atoms with van der Waals surface area (Å²) >= 11 is 0. The van der Waals surface area contributed by atoms with E-state index in [-0.39, 0.29) is 12.1 Å². The lowest BCUT2D eigenvalue weighted by molar-refractivity contribution is 0.0974. The number of ether oxygens (including phenoxy) is 1. The molecule has 1 N–H and O–H groups in total. The van der Waals surface area contributed by atoms with Crippen LogP contribution in [0.2, 0.25) is 0 Å². The molecule has 1 aromatic carbocycles. The Morgan fingerprint density at radius 1 is 1.19 bits per heavy atom. The molecule has 7 heteroatoms. The fourth-order valence-electron chi connectivity index (χ4n) is 5.09. The van der Waals surface area contributed by atoms with Crippen molar-refractivity contribution in [3.63, 3.8) is 0 Å². The topological polar surface area (TPSA) is 72.3 Å². The van der Waals surface area contributed by atoms with Gasteiger partial charge in [-0.1, -0.05) is 30.3 Å². The number of carbonyl (C=O) groups is 1. The molecule has 2 atom stereocenters. The van der Waals surface area contributed by atoms with Crippen LogP contribution in [0.5, 0.6) is 0 Å². The standard InChI is InChI=1S/C25H31N5O2/c1-17-18(2)30(15-21-9-6-12-32-21)24-22(17)23(26-16-27-24)28-25(31)29-11-10-20(14-29)13-19-7-4-3-5-8-19/h3-5,7-8,16,20-21H,6,9-15H2,1-2H3,(H,26,27,28,31). The number of likely N-dealkylation sites (tertiary alicyclic amines) is 1. The van der Waals surface area contributed by atoms with E-state index in [1.165, 1.54) is 5.56 Å². The maximum atomic E-state index is 13.1. The number of rotatable bonds is 5. The first-order valence-electron chi connectivity index (χ1n) is 11.6. The Kier molecular flexibility index (Phi) is 5.83. The zero-order valence-corrected chi connectivity index (χ0v) is 18.9. The molecule has 2 aliphatic rings. The van der Waals surface area contributed by atoms with E-state index in [1.54, 1.807) is 6.33 Å². The Morgan fingerprint density at radius 3 is 2.81 bits per heavy atom. The number of urea groups is 1. The van der Waals surface area contributed by atoms with Crippen molar-refractivity contribution in [3.05, 3.63) is 53.5 Å². The minimum Gasteiger partial charge on any atom is -0.376 e. The molecule has 2 fully saturated rings. The van der Waals surface area contributed by atoms with Gasteiger partial charge >= 0.3 is 6.03 Å². The SMILES string of the molecule is Cc1c(C)n(CC2CCCO2)c2ncnc(NC(=O)N3CCC(Cc4ccccc4)C3)c12. The molecule has 168 valence electrons. The molecule has 0 spiro atoms. The third-order valence-corrected chi connectivity index (χ3v) is 6.98. The van der Waals surface area contributed by atoms with Crippen molar-refractivity contribution in [1.29, 1.82) is 0 Å². The number of benzene rings is 1. The highest BCUT2D eigenvalue weighted by molar-refractivity contribution is 6.00. The Hall–Kier alpha value is -2.93. The smallest absolute Gasteiger partial charge is 0.323 e. The van der Waals surface area contributed by atoms with Crippen molar-refractivity contribution in [2.45, 2.75) is 52.2 Å². The first-order valence-corrected chi connectivity index (χ1v) is 11.6. The van der Waals surface area contributed by atoms with Gasteiger partial charge in [-0.3, -0.25) is 5.32 Å². The summed E-state index contributed by atoms with van der Waals surface area (Å²) in [4.78, 5) is 24.0. The molecule has 2 aromatic heterocycles. The lowest BCUT2D eigenvalue weighted by Gasteiger charge is -2.17. The number of amides is 2. The van der Waals surface area contributed by atoms with Crippen molar-refractivity contribution in [2.24, 2.45) is 5.92 Å². The number of fused-ring (bicyclic) bond motifs is 1. The predicted octanol–water partition coefficient (Wildman–Crippen LogP) is 4.32. The molecule has 4 heterocycles. The summed E-state index contributed by atoms with van der Waals surface area (Å²) in [5.41, 5.74) is 4.45. The van der Waals surface area contributed by atoms with Gasteiger partial charge < -0.3 is 14.2 Å². The number of aromatic nitrogens is 3. The maximum Gasteiger partial charge on any atom is 0.323 e. The van der Waals surface area contributed by atoms with E-state index >= 15 is 0 Å². The van der Waals surface area contributed by atoms with E-state index in [0.717, 1.165) is 74.2 Å². The molecule has 5 rings (SSSR count). The van der Waals surface area contributed by atoms with Gasteiger partial charge in [0.15, 0.2) is 0 Å². The van der Waals surface area contributed by atoms with Crippen molar-refractivity contribution >= 4 is 22.9 Å². The number of aryl methyl sites for hydroxylation is 1. The van der Waals surface area contributed by atoms with Gasteiger partial charge in [-0.05, 0) is 56.6 Å². The number of hydrogen-bond acceptors (Lipinski definition) is 4. The van der Waals surface area contributed by atoms with Crippen molar-refractivity contribution < 1.29 is 9.53 Å². The molecule has 0 bridgehead atoms. The molecule has 2 unspecified atom stereocenters. The van der Waals surface area contributed by atoms with E-state index in [0.29, 0.717) is 11.7 Å². The Bertz CT molecular complexity index is 1100. The Balaban J connectivity index is 1.31. The van der Waals surface area contributed by atoms with Crippen LogP contribution in [0.15, 0.2) is 36.7 Å². The predicted molar refractivity (Wildman–Crippen MR) is 125 cm³/mol. The van der Waals surface area contributed by atoms with E-state index in [2.05, 4.69) is 58.0 Å². The zero-order chi connectivity index (χ0) is 22.1. The van der Waals surface area contributed by atoms with Crippen LogP contribution >= 0.6 is 0 Å². The fourth-order valence-corrected chi connectivity index (χ4v) is 5.09. The monoisotopic (exact) mass is 433 g/mol. The number of hydrogen-bond donors (Lipinski definition) is 1. The van der Waals surface area contributed by atoms with E-state index in [1.807, 2.05) is 11.0 Å². The summed E-state index contributed by atoms with van der Waals surface area (Å²) in [7, 11) is 0. The molecular weight excluding hydrogens is 402 g/mol. The van der Waals surface area contributed by atoms with Crippen molar-refractivity contribution in [1.82, 2.24) is 19.4 Å². The second-order valence-electron chi connectivity index (χ2n) is 9.10. The molecule has 0 saturated carbocycles. The van der Waals surface area contributed by atoms with Gasteiger partial charge in [0.2, 0.25) is 0 Å². The first kappa shape index (κ1) is 20.9. The van der Waals surface area contributed by atoms with Crippen LogP contribution < -0.4 is 5.32 Å². The molecule has 0 radical (unpaired) electrons. The summed E-state index contributed by atoms with van der Waals surface area (Å²) in [6.07, 6.45) is 5.99. The number of anilines is 1. The highest BCUT2D eigenvalue weighted by Crippen LogP contribution is 2.30. The van der Waals surface area contributed by atoms with Gasteiger partial charge in [0.1, 0.15) is 17.8 Å². The van der Waals surface area contributed by atoms with Gasteiger partial charge in [-0.15, -0.1) is 0 Å². The summed E-state index contributed by atoms with van der Waals surface area (Å²) in [6.45, 7) is 7.34. The highest BCUT2D eigenvalue weighted by atomic mass is 16.5. The molecule has 2 aliphatic heterocycles. The van der Waals surface area contributed by atoms with Gasteiger partial charge in [0.05, 0.1) is 18.0 Å².